The maximum atomic E-state index is 12.3. The molecular weight excluding hydrogens is 423 g/mol. The van der Waals surface area contributed by atoms with Crippen LogP contribution in [0.3, 0.4) is 0 Å². The van der Waals surface area contributed by atoms with Crippen molar-refractivity contribution in [1.82, 2.24) is 0 Å². The molecule has 0 saturated heterocycles. The fourth-order valence-electron chi connectivity index (χ4n) is 3.42. The van der Waals surface area contributed by atoms with Crippen LogP contribution in [0.2, 0.25) is 0 Å². The normalized spacial score (nSPS) is 11.2. The van der Waals surface area contributed by atoms with Crippen molar-refractivity contribution in [3.05, 3.63) is 48.0 Å². The third-order valence-electron chi connectivity index (χ3n) is 5.18. The minimum Gasteiger partial charge on any atom is -0.870 e. The maximum absolute atomic E-state index is 12.3. The topological polar surface area (TPSA) is 86.7 Å². The van der Waals surface area contributed by atoms with Crippen molar-refractivity contribution in [3.63, 3.8) is 0 Å². The van der Waals surface area contributed by atoms with Gasteiger partial charge >= 0.3 is 29.6 Å². The van der Waals surface area contributed by atoms with Crippen LogP contribution in [0.15, 0.2) is 47.4 Å². The van der Waals surface area contributed by atoms with Gasteiger partial charge < -0.3 is 9.84 Å². The van der Waals surface area contributed by atoms with Crippen LogP contribution in [-0.4, -0.2) is 13.0 Å². The summed E-state index contributed by atoms with van der Waals surface area (Å²) in [6, 6.07) is 10.4. The summed E-state index contributed by atoms with van der Waals surface area (Å²) >= 11 is 0. The molecule has 0 fully saturated rings. The second-order valence-electron chi connectivity index (χ2n) is 7.76. The minimum atomic E-state index is -4.25. The summed E-state index contributed by atoms with van der Waals surface area (Å²) in [6.07, 6.45) is 13.7. The van der Waals surface area contributed by atoms with Gasteiger partial charge in [-0.05, 0) is 48.7 Å². The molecular formula is C24H33NaO5S. The first-order valence-corrected chi connectivity index (χ1v) is 12.4. The van der Waals surface area contributed by atoms with Crippen molar-refractivity contribution in [2.45, 2.75) is 82.4 Å². The van der Waals surface area contributed by atoms with Crippen LogP contribution in [0.25, 0.3) is 0 Å². The quantitative estimate of drug-likeness (QED) is 0.268. The van der Waals surface area contributed by atoms with Gasteiger partial charge in [-0.3, -0.25) is 4.55 Å². The van der Waals surface area contributed by atoms with Gasteiger partial charge in [-0.1, -0.05) is 82.6 Å². The molecule has 0 atom stereocenters. The summed E-state index contributed by atoms with van der Waals surface area (Å²) < 4.78 is 36.7. The zero-order valence-electron chi connectivity index (χ0n) is 18.8. The van der Waals surface area contributed by atoms with Crippen LogP contribution in [-0.2, 0) is 16.5 Å². The zero-order chi connectivity index (χ0) is 21.8. The third kappa shape index (κ3) is 10.9. The van der Waals surface area contributed by atoms with E-state index in [1.54, 1.807) is 12.1 Å². The van der Waals surface area contributed by atoms with E-state index in [0.29, 0.717) is 5.75 Å². The Balaban J connectivity index is 0.00000480. The van der Waals surface area contributed by atoms with Gasteiger partial charge in [0.25, 0.3) is 10.1 Å². The maximum Gasteiger partial charge on any atom is 1.00 e. The minimum absolute atomic E-state index is 0. The Morgan fingerprint density at radius 2 is 1.39 bits per heavy atom. The van der Waals surface area contributed by atoms with E-state index in [1.165, 1.54) is 82.1 Å². The van der Waals surface area contributed by atoms with Crippen LogP contribution in [0.5, 0.6) is 17.2 Å². The van der Waals surface area contributed by atoms with Crippen molar-refractivity contribution >= 4 is 10.1 Å². The predicted molar refractivity (Wildman–Crippen MR) is 118 cm³/mol. The summed E-state index contributed by atoms with van der Waals surface area (Å²) in [7, 11) is -4.25. The second-order valence-corrected chi connectivity index (χ2v) is 9.18. The van der Waals surface area contributed by atoms with Crippen molar-refractivity contribution in [3.8, 4) is 17.2 Å². The Bertz CT molecular complexity index is 866. The van der Waals surface area contributed by atoms with Gasteiger partial charge in [0.05, 0.1) is 4.90 Å². The molecule has 0 amide bonds. The molecule has 0 radical (unpaired) electrons. The van der Waals surface area contributed by atoms with Crippen molar-refractivity contribution in [2.75, 3.05) is 0 Å². The van der Waals surface area contributed by atoms with E-state index < -0.39 is 10.1 Å². The first-order valence-electron chi connectivity index (χ1n) is 11.0. The molecule has 2 aromatic carbocycles. The molecule has 0 spiro atoms. The van der Waals surface area contributed by atoms with E-state index in [4.69, 9.17) is 9.29 Å². The molecule has 2 rings (SSSR count). The van der Waals surface area contributed by atoms with Crippen LogP contribution in [0, 0.1) is 0 Å². The number of hydrogen-bond donors (Lipinski definition) is 1. The summed E-state index contributed by atoms with van der Waals surface area (Å²) in [5, 5.41) is 12.3. The summed E-state index contributed by atoms with van der Waals surface area (Å²) in [5.41, 5.74) is 1.01. The van der Waals surface area contributed by atoms with Gasteiger partial charge in [-0.25, -0.2) is 0 Å². The molecule has 0 aromatic heterocycles. The zero-order valence-corrected chi connectivity index (χ0v) is 21.6. The monoisotopic (exact) mass is 456 g/mol. The number of unbranched alkanes of at least 4 members (excludes halogenated alkanes) is 9. The van der Waals surface area contributed by atoms with E-state index in [-0.39, 0.29) is 46.0 Å². The van der Waals surface area contributed by atoms with Crippen LogP contribution in [0.4, 0.5) is 0 Å². The van der Waals surface area contributed by atoms with Crippen molar-refractivity contribution in [2.24, 2.45) is 0 Å². The average molecular weight is 457 g/mol. The first-order chi connectivity index (χ1) is 14.4. The van der Waals surface area contributed by atoms with Crippen LogP contribution < -0.4 is 39.4 Å². The van der Waals surface area contributed by atoms with E-state index in [9.17, 15) is 13.5 Å². The molecule has 1 N–H and O–H groups in total. The Morgan fingerprint density at radius 3 is 1.90 bits per heavy atom. The van der Waals surface area contributed by atoms with Gasteiger partial charge in [0.2, 0.25) is 0 Å². The average Bonchev–Trinajstić information content (AvgIpc) is 2.71. The number of benzene rings is 2. The fourth-order valence-corrected chi connectivity index (χ4v) is 3.90. The number of ether oxygens (including phenoxy) is 1. The fraction of sp³-hybridized carbons (Fsp3) is 0.500. The predicted octanol–water partition coefficient (Wildman–Crippen LogP) is 3.27. The van der Waals surface area contributed by atoms with Gasteiger partial charge in [-0.2, -0.15) is 8.42 Å². The van der Waals surface area contributed by atoms with E-state index >= 15 is 0 Å². The molecule has 166 valence electrons. The SMILES string of the molecule is CCCCCCCCCCCCc1ccc(Oc2ccc(S(=O)(=O)O)cc2)c([O-])c1.[Na+]. The summed E-state index contributed by atoms with van der Waals surface area (Å²) in [6.45, 7) is 2.24. The molecule has 0 saturated carbocycles. The van der Waals surface area contributed by atoms with Gasteiger partial charge in [0, 0.05) is 0 Å². The van der Waals surface area contributed by atoms with Crippen LogP contribution in [0.1, 0.15) is 76.7 Å². The summed E-state index contributed by atoms with van der Waals surface area (Å²) in [5.74, 6) is 0.335. The van der Waals surface area contributed by atoms with E-state index in [2.05, 4.69) is 6.92 Å². The number of rotatable bonds is 14. The molecule has 5 nitrogen and oxygen atoms in total. The Labute approximate surface area is 209 Å². The third-order valence-corrected chi connectivity index (χ3v) is 6.04. The van der Waals surface area contributed by atoms with Crippen molar-refractivity contribution in [1.29, 1.82) is 0 Å². The molecule has 2 aromatic rings. The van der Waals surface area contributed by atoms with Crippen molar-refractivity contribution < 1.29 is 52.4 Å². The van der Waals surface area contributed by atoms with E-state index in [1.807, 2.05) is 6.07 Å². The second kappa shape index (κ2) is 14.9. The van der Waals surface area contributed by atoms with Crippen LogP contribution >= 0.6 is 0 Å². The molecule has 0 aliphatic carbocycles. The standard InChI is InChI=1S/C24H34O5S.Na/c1-2-3-4-5-6-7-8-9-10-11-12-20-13-18-24(23(25)19-20)29-21-14-16-22(17-15-21)30(26,27)28;/h13-19,25H,2-12H2,1H3,(H,26,27,28);/q;+1/p-1. The Morgan fingerprint density at radius 1 is 0.839 bits per heavy atom. The Hall–Kier alpha value is -1.05. The Kier molecular flexibility index (Phi) is 13.5. The van der Waals surface area contributed by atoms with E-state index in [0.717, 1.165) is 18.4 Å². The van der Waals surface area contributed by atoms with Gasteiger partial charge in [0.15, 0.2) is 0 Å². The smallest absolute Gasteiger partial charge is 0.870 e. The molecule has 7 heteroatoms. The number of aryl methyl sites for hydroxylation is 1. The molecule has 0 unspecified atom stereocenters. The van der Waals surface area contributed by atoms with Gasteiger partial charge in [-0.15, -0.1) is 0 Å². The largest absolute Gasteiger partial charge is 1.00 e. The molecule has 0 heterocycles. The molecule has 0 aliphatic heterocycles. The first kappa shape index (κ1) is 28.0. The number of hydrogen-bond acceptors (Lipinski definition) is 4. The summed E-state index contributed by atoms with van der Waals surface area (Å²) in [4.78, 5) is -0.218. The van der Waals surface area contributed by atoms with Gasteiger partial charge in [0.1, 0.15) is 11.5 Å². The molecule has 31 heavy (non-hydrogen) atoms. The molecule has 0 bridgehead atoms. The molecule has 0 aliphatic rings.